The van der Waals surface area contributed by atoms with Gasteiger partial charge in [0, 0.05) is 31.5 Å². The number of ether oxygens (including phenoxy) is 1. The Morgan fingerprint density at radius 3 is 2.86 bits per heavy atom. The molecule has 2 aliphatic heterocycles. The van der Waals surface area contributed by atoms with Gasteiger partial charge in [0.25, 0.3) is 5.91 Å². The number of hydrogen-bond acceptors (Lipinski definition) is 3. The lowest BCUT2D eigenvalue weighted by Crippen LogP contribution is -2.36. The van der Waals surface area contributed by atoms with Crippen LogP contribution < -0.4 is 10.1 Å². The summed E-state index contributed by atoms with van der Waals surface area (Å²) in [5.41, 5.74) is 2.31. The quantitative estimate of drug-likeness (QED) is 0.918. The van der Waals surface area contributed by atoms with E-state index in [9.17, 15) is 9.59 Å². The summed E-state index contributed by atoms with van der Waals surface area (Å²) in [6.45, 7) is 6.18. The highest BCUT2D eigenvalue weighted by molar-refractivity contribution is 5.81. The number of carbonyl (C=O) groups is 2. The van der Waals surface area contributed by atoms with E-state index in [-0.39, 0.29) is 23.8 Å². The molecule has 2 saturated heterocycles. The van der Waals surface area contributed by atoms with E-state index in [4.69, 9.17) is 4.74 Å². The van der Waals surface area contributed by atoms with Gasteiger partial charge in [-0.25, -0.2) is 0 Å². The second-order valence-corrected chi connectivity index (χ2v) is 6.55. The molecule has 1 N–H and O–H groups in total. The number of nitrogens with one attached hydrogen (secondary N) is 1. The molecule has 1 atom stereocenters. The zero-order valence-electron chi connectivity index (χ0n) is 13.1. The first-order valence-corrected chi connectivity index (χ1v) is 7.72. The summed E-state index contributed by atoms with van der Waals surface area (Å²) < 4.78 is 5.61. The molecule has 1 aromatic rings. The van der Waals surface area contributed by atoms with Crippen molar-refractivity contribution in [1.29, 1.82) is 0 Å². The van der Waals surface area contributed by atoms with Crippen molar-refractivity contribution >= 4 is 11.8 Å². The van der Waals surface area contributed by atoms with Crippen molar-refractivity contribution in [3.05, 3.63) is 29.3 Å². The van der Waals surface area contributed by atoms with Crippen LogP contribution in [-0.2, 0) is 9.59 Å². The van der Waals surface area contributed by atoms with Crippen LogP contribution >= 0.6 is 0 Å². The molecule has 5 nitrogen and oxygen atoms in total. The summed E-state index contributed by atoms with van der Waals surface area (Å²) in [7, 11) is 0. The fourth-order valence-electron chi connectivity index (χ4n) is 3.23. The summed E-state index contributed by atoms with van der Waals surface area (Å²) in [4.78, 5) is 25.5. The minimum absolute atomic E-state index is 0.00514. The maximum absolute atomic E-state index is 12.3. The maximum atomic E-state index is 12.3. The lowest BCUT2D eigenvalue weighted by molar-refractivity contribution is -0.132. The summed E-state index contributed by atoms with van der Waals surface area (Å²) >= 11 is 0. The van der Waals surface area contributed by atoms with Gasteiger partial charge < -0.3 is 15.0 Å². The van der Waals surface area contributed by atoms with E-state index in [0.29, 0.717) is 26.1 Å². The summed E-state index contributed by atoms with van der Waals surface area (Å²) in [6, 6.07) is 5.84. The predicted molar refractivity (Wildman–Crippen MR) is 82.7 cm³/mol. The van der Waals surface area contributed by atoms with Gasteiger partial charge >= 0.3 is 0 Å². The Balaban J connectivity index is 1.54. The van der Waals surface area contributed by atoms with E-state index in [2.05, 4.69) is 5.32 Å². The van der Waals surface area contributed by atoms with Crippen LogP contribution in [0.4, 0.5) is 0 Å². The molecular formula is C17H22N2O3. The average Bonchev–Trinajstić information content (AvgIpc) is 3.07. The Bertz CT molecular complexity index is 614. The highest BCUT2D eigenvalue weighted by Gasteiger charge is 2.45. The lowest BCUT2D eigenvalue weighted by Gasteiger charge is -2.21. The second kappa shape index (κ2) is 5.63. The third-order valence-corrected chi connectivity index (χ3v) is 4.83. The Kier molecular flexibility index (Phi) is 3.81. The molecule has 0 saturated carbocycles. The molecule has 1 spiro atoms. The highest BCUT2D eigenvalue weighted by atomic mass is 16.5. The van der Waals surface area contributed by atoms with Crippen molar-refractivity contribution in [2.24, 2.45) is 5.41 Å². The number of hydrogen-bond donors (Lipinski definition) is 1. The first-order valence-electron chi connectivity index (χ1n) is 7.72. The van der Waals surface area contributed by atoms with Crippen LogP contribution in [0, 0.1) is 19.3 Å². The molecule has 2 aliphatic rings. The van der Waals surface area contributed by atoms with E-state index in [1.54, 1.807) is 0 Å². The normalized spacial score (nSPS) is 23.9. The molecule has 2 heterocycles. The van der Waals surface area contributed by atoms with Gasteiger partial charge in [-0.1, -0.05) is 6.07 Å². The van der Waals surface area contributed by atoms with Gasteiger partial charge in [-0.2, -0.15) is 0 Å². The third-order valence-electron chi connectivity index (χ3n) is 4.83. The Labute approximate surface area is 130 Å². The molecule has 5 heteroatoms. The van der Waals surface area contributed by atoms with Crippen LogP contribution in [0.1, 0.15) is 24.0 Å². The topological polar surface area (TPSA) is 58.6 Å². The van der Waals surface area contributed by atoms with Crippen molar-refractivity contribution < 1.29 is 14.3 Å². The third kappa shape index (κ3) is 2.93. The predicted octanol–water partition coefficient (Wildman–Crippen LogP) is 1.42. The number of rotatable bonds is 3. The van der Waals surface area contributed by atoms with Crippen LogP contribution in [0.5, 0.6) is 5.75 Å². The Morgan fingerprint density at radius 2 is 2.18 bits per heavy atom. The van der Waals surface area contributed by atoms with Crippen LogP contribution in [0.2, 0.25) is 0 Å². The first kappa shape index (κ1) is 14.9. The van der Waals surface area contributed by atoms with Gasteiger partial charge in [-0.3, -0.25) is 9.59 Å². The highest BCUT2D eigenvalue weighted by Crippen LogP contribution is 2.36. The maximum Gasteiger partial charge on any atom is 0.260 e. The number of aryl methyl sites for hydroxylation is 2. The van der Waals surface area contributed by atoms with Gasteiger partial charge in [0.1, 0.15) is 5.75 Å². The molecule has 0 aromatic heterocycles. The van der Waals surface area contributed by atoms with Crippen LogP contribution in [-0.4, -0.2) is 43.0 Å². The van der Waals surface area contributed by atoms with Crippen molar-refractivity contribution in [2.75, 3.05) is 26.2 Å². The largest absolute Gasteiger partial charge is 0.484 e. The van der Waals surface area contributed by atoms with Crippen LogP contribution in [0.15, 0.2) is 18.2 Å². The standard InChI is InChI=1S/C17H22N2O3/c1-12-3-4-14(7-13(12)2)22-9-16(21)19-6-5-17(11-19)8-15(20)18-10-17/h3-4,7H,5-6,8-11H2,1-2H3,(H,18,20). The zero-order valence-corrected chi connectivity index (χ0v) is 13.1. The lowest BCUT2D eigenvalue weighted by atomic mass is 9.86. The number of nitrogens with zero attached hydrogens (tertiary/aromatic N) is 1. The monoisotopic (exact) mass is 302 g/mol. The molecule has 2 amide bonds. The van der Waals surface area contributed by atoms with Crippen LogP contribution in [0.3, 0.4) is 0 Å². The average molecular weight is 302 g/mol. The number of carbonyl (C=O) groups excluding carboxylic acids is 2. The van der Waals surface area contributed by atoms with E-state index in [1.165, 1.54) is 5.56 Å². The zero-order chi connectivity index (χ0) is 15.7. The van der Waals surface area contributed by atoms with Gasteiger partial charge in [-0.05, 0) is 43.5 Å². The van der Waals surface area contributed by atoms with Gasteiger partial charge in [-0.15, -0.1) is 0 Å². The molecule has 22 heavy (non-hydrogen) atoms. The summed E-state index contributed by atoms with van der Waals surface area (Å²) in [5.74, 6) is 0.818. The molecule has 0 radical (unpaired) electrons. The van der Waals surface area contributed by atoms with E-state index < -0.39 is 0 Å². The molecule has 2 fully saturated rings. The second-order valence-electron chi connectivity index (χ2n) is 6.55. The Hall–Kier alpha value is -2.04. The first-order chi connectivity index (χ1) is 10.5. The Morgan fingerprint density at radius 1 is 1.36 bits per heavy atom. The summed E-state index contributed by atoms with van der Waals surface area (Å²) in [5, 5.41) is 2.87. The van der Waals surface area contributed by atoms with Crippen LogP contribution in [0.25, 0.3) is 0 Å². The van der Waals surface area contributed by atoms with Gasteiger partial charge in [0.05, 0.1) is 0 Å². The molecule has 0 aliphatic carbocycles. The smallest absolute Gasteiger partial charge is 0.260 e. The van der Waals surface area contributed by atoms with E-state index >= 15 is 0 Å². The molecule has 3 rings (SSSR count). The molecule has 1 aromatic carbocycles. The molecule has 118 valence electrons. The van der Waals surface area contributed by atoms with Gasteiger partial charge in [0.15, 0.2) is 6.61 Å². The number of benzene rings is 1. The van der Waals surface area contributed by atoms with Crippen molar-refractivity contribution in [3.8, 4) is 5.75 Å². The van der Waals surface area contributed by atoms with E-state index in [1.807, 2.05) is 36.9 Å². The van der Waals surface area contributed by atoms with Crippen molar-refractivity contribution in [1.82, 2.24) is 10.2 Å². The number of likely N-dealkylation sites (tertiary alicyclic amines) is 1. The van der Waals surface area contributed by atoms with E-state index in [0.717, 1.165) is 17.7 Å². The van der Waals surface area contributed by atoms with Crippen molar-refractivity contribution in [2.45, 2.75) is 26.7 Å². The minimum atomic E-state index is -0.0484. The fourth-order valence-corrected chi connectivity index (χ4v) is 3.23. The molecular weight excluding hydrogens is 280 g/mol. The summed E-state index contributed by atoms with van der Waals surface area (Å²) in [6.07, 6.45) is 1.43. The van der Waals surface area contributed by atoms with Gasteiger partial charge in [0.2, 0.25) is 5.91 Å². The molecule has 0 bridgehead atoms. The SMILES string of the molecule is Cc1ccc(OCC(=O)N2CCC3(CNC(=O)C3)C2)cc1C. The number of amides is 2. The van der Waals surface area contributed by atoms with Crippen molar-refractivity contribution in [3.63, 3.8) is 0 Å². The molecule has 1 unspecified atom stereocenters. The minimum Gasteiger partial charge on any atom is -0.484 e. The fraction of sp³-hybridized carbons (Fsp3) is 0.529.